The molecule has 0 bridgehead atoms. The van der Waals surface area contributed by atoms with Crippen molar-refractivity contribution >= 4 is 58.0 Å². The number of rotatable bonds is 4. The van der Waals surface area contributed by atoms with Crippen LogP contribution in [0.2, 0.25) is 0 Å². The highest BCUT2D eigenvalue weighted by atomic mass is 32.2. The first-order valence-electron chi connectivity index (χ1n) is 17.4. The molecule has 0 aromatic heterocycles. The van der Waals surface area contributed by atoms with Gasteiger partial charge >= 0.3 is 0 Å². The highest BCUT2D eigenvalue weighted by Gasteiger charge is 2.37. The summed E-state index contributed by atoms with van der Waals surface area (Å²) in [6, 6.07) is 56.6. The van der Waals surface area contributed by atoms with E-state index in [-0.39, 0.29) is 5.41 Å². The molecule has 0 amide bonds. The Morgan fingerprint density at radius 3 is 1.59 bits per heavy atom. The molecule has 0 unspecified atom stereocenters. The molecule has 244 valence electrons. The molecule has 0 spiro atoms. The second-order valence-corrected chi connectivity index (χ2v) is 14.9. The van der Waals surface area contributed by atoms with Crippen molar-refractivity contribution in [3.63, 3.8) is 0 Å². The van der Waals surface area contributed by atoms with Gasteiger partial charge in [-0.2, -0.15) is 0 Å². The predicted octanol–water partition coefficient (Wildman–Crippen LogP) is 13.7. The minimum absolute atomic E-state index is 0.138. The van der Waals surface area contributed by atoms with Crippen molar-refractivity contribution in [2.75, 3.05) is 9.80 Å². The van der Waals surface area contributed by atoms with Crippen molar-refractivity contribution in [1.82, 2.24) is 0 Å². The molecule has 3 aliphatic rings. The van der Waals surface area contributed by atoms with Crippen LogP contribution < -0.4 is 14.5 Å². The van der Waals surface area contributed by atoms with Gasteiger partial charge in [-0.25, -0.2) is 0 Å². The molecule has 4 heteroatoms. The van der Waals surface area contributed by atoms with Crippen LogP contribution in [0, 0.1) is 0 Å². The summed E-state index contributed by atoms with van der Waals surface area (Å²) >= 11 is 1.85. The molecule has 1 aliphatic carbocycles. The molecule has 0 fully saturated rings. The topological polar surface area (TPSA) is 15.7 Å². The first-order valence-corrected chi connectivity index (χ1v) is 18.2. The first-order chi connectivity index (χ1) is 25.0. The number of para-hydroxylation sites is 6. The second-order valence-electron chi connectivity index (χ2n) is 13.8. The summed E-state index contributed by atoms with van der Waals surface area (Å²) in [5.74, 6) is 1.72. The molecule has 7 aromatic carbocycles. The molecule has 3 nitrogen and oxygen atoms in total. The minimum Gasteiger partial charge on any atom is -0.453 e. The highest BCUT2D eigenvalue weighted by Crippen LogP contribution is 2.55. The molecule has 51 heavy (non-hydrogen) atoms. The smallest absolute Gasteiger partial charge is 0.151 e. The lowest BCUT2D eigenvalue weighted by Gasteiger charge is -2.33. The van der Waals surface area contributed by atoms with E-state index in [1.807, 2.05) is 36.0 Å². The molecule has 0 saturated carbocycles. The van der Waals surface area contributed by atoms with Crippen molar-refractivity contribution < 1.29 is 4.74 Å². The largest absolute Gasteiger partial charge is 0.453 e. The predicted molar refractivity (Wildman–Crippen MR) is 213 cm³/mol. The Morgan fingerprint density at radius 2 is 0.941 bits per heavy atom. The number of benzene rings is 7. The van der Waals surface area contributed by atoms with Gasteiger partial charge in [0.15, 0.2) is 11.5 Å². The van der Waals surface area contributed by atoms with Gasteiger partial charge in [0.25, 0.3) is 0 Å². The fourth-order valence-corrected chi connectivity index (χ4v) is 8.94. The molecule has 0 saturated heterocycles. The van der Waals surface area contributed by atoms with Gasteiger partial charge in [-0.05, 0) is 106 Å². The molecular weight excluding hydrogens is 641 g/mol. The van der Waals surface area contributed by atoms with Crippen molar-refractivity contribution in [2.45, 2.75) is 29.1 Å². The van der Waals surface area contributed by atoms with Crippen LogP contribution in [0.4, 0.5) is 34.1 Å². The average Bonchev–Trinajstić information content (AvgIpc) is 3.40. The van der Waals surface area contributed by atoms with Crippen molar-refractivity contribution in [1.29, 1.82) is 0 Å². The van der Waals surface area contributed by atoms with Gasteiger partial charge in [0.2, 0.25) is 0 Å². The molecule has 0 atom stereocenters. The zero-order valence-electron chi connectivity index (χ0n) is 28.4. The summed E-state index contributed by atoms with van der Waals surface area (Å²) in [5, 5.41) is 0. The summed E-state index contributed by atoms with van der Waals surface area (Å²) in [4.78, 5) is 7.26. The van der Waals surface area contributed by atoms with E-state index in [9.17, 15) is 0 Å². The Balaban J connectivity index is 0.946. The van der Waals surface area contributed by atoms with Gasteiger partial charge in [0.1, 0.15) is 0 Å². The summed E-state index contributed by atoms with van der Waals surface area (Å²) in [6.45, 7) is 4.73. The van der Waals surface area contributed by atoms with Crippen LogP contribution in [-0.4, -0.2) is 0 Å². The molecule has 0 radical (unpaired) electrons. The normalized spacial score (nSPS) is 14.5. The SMILES string of the molecule is CC1(C)c2cc(/C=C/c3ccc(N4c5ccccc5Oc5ccccc54)cc3)ccc2-c2ccc(N3c4ccccc4Sc4ccccc43)cc21. The Morgan fingerprint density at radius 1 is 0.471 bits per heavy atom. The van der Waals surface area contributed by atoms with Crippen LogP contribution in [0.1, 0.15) is 36.1 Å². The lowest BCUT2D eigenvalue weighted by atomic mass is 9.81. The Hall–Kier alpha value is -5.97. The van der Waals surface area contributed by atoms with E-state index in [0.29, 0.717) is 0 Å². The number of nitrogens with zero attached hydrogens (tertiary/aromatic N) is 2. The quantitative estimate of drug-likeness (QED) is 0.173. The summed E-state index contributed by atoms with van der Waals surface area (Å²) < 4.78 is 6.21. The number of anilines is 6. The van der Waals surface area contributed by atoms with E-state index < -0.39 is 0 Å². The van der Waals surface area contributed by atoms with Crippen LogP contribution in [0.3, 0.4) is 0 Å². The van der Waals surface area contributed by atoms with Crippen molar-refractivity contribution in [3.8, 4) is 22.6 Å². The maximum atomic E-state index is 6.21. The maximum Gasteiger partial charge on any atom is 0.151 e. The van der Waals surface area contributed by atoms with Crippen molar-refractivity contribution in [2.24, 2.45) is 0 Å². The van der Waals surface area contributed by atoms with Gasteiger partial charge in [0, 0.05) is 26.6 Å². The lowest BCUT2D eigenvalue weighted by molar-refractivity contribution is 0.477. The summed E-state index contributed by atoms with van der Waals surface area (Å²) in [5.41, 5.74) is 14.4. The van der Waals surface area contributed by atoms with Gasteiger partial charge < -0.3 is 14.5 Å². The molecule has 7 aromatic rings. The van der Waals surface area contributed by atoms with E-state index in [1.54, 1.807) is 0 Å². The third-order valence-corrected chi connectivity index (χ3v) is 11.6. The van der Waals surface area contributed by atoms with E-state index in [0.717, 1.165) is 34.1 Å². The van der Waals surface area contributed by atoms with Crippen LogP contribution in [-0.2, 0) is 5.41 Å². The zero-order chi connectivity index (χ0) is 34.1. The standard InChI is InChI=1S/C47H34N2OS/c1-47(2)37-29-32(20-19-31-21-24-33(25-22-31)48-39-11-3-7-15-43(39)50-44-16-8-4-12-40(44)48)23-27-35(37)36-28-26-34(30-38(36)47)49-41-13-5-9-17-45(41)51-46-18-10-6-14-42(46)49/h3-30H,1-2H3/b20-19+. The Labute approximate surface area is 303 Å². The fourth-order valence-electron chi connectivity index (χ4n) is 7.88. The molecule has 2 heterocycles. The van der Waals surface area contributed by atoms with Crippen LogP contribution >= 0.6 is 11.8 Å². The third kappa shape index (κ3) is 4.82. The van der Waals surface area contributed by atoms with E-state index in [4.69, 9.17) is 4.74 Å². The highest BCUT2D eigenvalue weighted by molar-refractivity contribution is 7.99. The Kier molecular flexibility index (Phi) is 6.77. The van der Waals surface area contributed by atoms with E-state index >= 15 is 0 Å². The monoisotopic (exact) mass is 674 g/mol. The minimum atomic E-state index is -0.138. The second kappa shape index (κ2) is 11.5. The Bertz CT molecular complexity index is 2440. The number of hydrogen-bond acceptors (Lipinski definition) is 4. The zero-order valence-corrected chi connectivity index (χ0v) is 29.2. The third-order valence-electron chi connectivity index (χ3n) is 10.4. The van der Waals surface area contributed by atoms with Gasteiger partial charge in [-0.15, -0.1) is 0 Å². The van der Waals surface area contributed by atoms with Crippen LogP contribution in [0.15, 0.2) is 168 Å². The number of fused-ring (bicyclic) bond motifs is 7. The summed E-state index contributed by atoms with van der Waals surface area (Å²) in [6.07, 6.45) is 4.45. The molecular formula is C47H34N2OS. The lowest BCUT2D eigenvalue weighted by Crippen LogP contribution is -2.18. The molecule has 2 aliphatic heterocycles. The van der Waals surface area contributed by atoms with Crippen LogP contribution in [0.25, 0.3) is 23.3 Å². The van der Waals surface area contributed by atoms with Crippen LogP contribution in [0.5, 0.6) is 11.5 Å². The average molecular weight is 675 g/mol. The molecule has 10 rings (SSSR count). The molecule has 0 N–H and O–H groups in total. The summed E-state index contributed by atoms with van der Waals surface area (Å²) in [7, 11) is 0. The van der Waals surface area contributed by atoms with E-state index in [1.165, 1.54) is 54.7 Å². The maximum absolute atomic E-state index is 6.21. The van der Waals surface area contributed by atoms with Crippen molar-refractivity contribution in [3.05, 3.63) is 180 Å². The van der Waals surface area contributed by atoms with Gasteiger partial charge in [-0.3, -0.25) is 0 Å². The fraction of sp³-hybridized carbons (Fsp3) is 0.0638. The van der Waals surface area contributed by atoms with E-state index in [2.05, 4.69) is 169 Å². The van der Waals surface area contributed by atoms with Gasteiger partial charge in [0.05, 0.1) is 22.7 Å². The number of ether oxygens (including phenoxy) is 1. The van der Waals surface area contributed by atoms with Gasteiger partial charge in [-0.1, -0.05) is 123 Å². The first kappa shape index (κ1) is 29.9. The number of hydrogen-bond donors (Lipinski definition) is 0.